The van der Waals surface area contributed by atoms with Crippen molar-refractivity contribution >= 4 is 38.9 Å². The summed E-state index contributed by atoms with van der Waals surface area (Å²) >= 11 is 7.26. The van der Waals surface area contributed by atoms with Crippen molar-refractivity contribution in [3.05, 3.63) is 58.9 Å². The molecule has 0 atom stereocenters. The maximum absolute atomic E-state index is 13.4. The summed E-state index contributed by atoms with van der Waals surface area (Å²) in [7, 11) is 0. The molecule has 0 aliphatic heterocycles. The van der Waals surface area contributed by atoms with E-state index in [-0.39, 0.29) is 11.3 Å². The number of halogens is 2. The Morgan fingerprint density at radius 1 is 1.19 bits per heavy atom. The summed E-state index contributed by atoms with van der Waals surface area (Å²) in [6.07, 6.45) is 0. The van der Waals surface area contributed by atoms with Crippen molar-refractivity contribution in [2.75, 3.05) is 0 Å². The monoisotopic (exact) mass is 402 g/mol. The van der Waals surface area contributed by atoms with Crippen LogP contribution in [0.3, 0.4) is 0 Å². The van der Waals surface area contributed by atoms with Crippen molar-refractivity contribution in [1.82, 2.24) is 9.55 Å². The van der Waals surface area contributed by atoms with Crippen LogP contribution in [0.4, 0.5) is 4.39 Å². The van der Waals surface area contributed by atoms with Gasteiger partial charge in [0.1, 0.15) is 5.82 Å². The SMILES string of the molecule is CC(=O)c1c(O)c(O)n(-c2nc3ccc(Cl)cc3s2)c1-c1ccc(F)cc1. The Bertz CT molecular complexity index is 1200. The number of fused-ring (bicyclic) bond motifs is 1. The Hall–Kier alpha value is -2.90. The summed E-state index contributed by atoms with van der Waals surface area (Å²) in [6.45, 7) is 1.28. The van der Waals surface area contributed by atoms with Crippen molar-refractivity contribution in [3.8, 4) is 28.0 Å². The Morgan fingerprint density at radius 2 is 1.89 bits per heavy atom. The van der Waals surface area contributed by atoms with E-state index in [4.69, 9.17) is 11.6 Å². The molecule has 0 radical (unpaired) electrons. The predicted molar refractivity (Wildman–Crippen MR) is 103 cm³/mol. The second kappa shape index (κ2) is 6.37. The van der Waals surface area contributed by atoms with Crippen molar-refractivity contribution in [3.63, 3.8) is 0 Å². The number of aromatic nitrogens is 2. The summed E-state index contributed by atoms with van der Waals surface area (Å²) in [4.78, 5) is 16.6. The zero-order valence-electron chi connectivity index (χ0n) is 13.9. The van der Waals surface area contributed by atoms with Crippen LogP contribution in [0.5, 0.6) is 11.6 Å². The van der Waals surface area contributed by atoms with E-state index in [1.54, 1.807) is 18.2 Å². The van der Waals surface area contributed by atoms with Crippen LogP contribution in [0, 0.1) is 5.82 Å². The molecule has 0 bridgehead atoms. The number of benzene rings is 2. The lowest BCUT2D eigenvalue weighted by Gasteiger charge is -2.08. The van der Waals surface area contributed by atoms with E-state index in [9.17, 15) is 19.4 Å². The van der Waals surface area contributed by atoms with E-state index in [0.717, 1.165) is 4.70 Å². The highest BCUT2D eigenvalue weighted by atomic mass is 35.5. The van der Waals surface area contributed by atoms with E-state index >= 15 is 0 Å². The highest BCUT2D eigenvalue weighted by molar-refractivity contribution is 7.20. The van der Waals surface area contributed by atoms with Gasteiger partial charge in [-0.15, -0.1) is 0 Å². The van der Waals surface area contributed by atoms with E-state index in [1.807, 2.05) is 0 Å². The van der Waals surface area contributed by atoms with Gasteiger partial charge >= 0.3 is 0 Å². The Kier molecular flexibility index (Phi) is 4.13. The van der Waals surface area contributed by atoms with Crippen LogP contribution in [0.2, 0.25) is 5.02 Å². The quantitative estimate of drug-likeness (QED) is 0.464. The van der Waals surface area contributed by atoms with E-state index in [1.165, 1.54) is 47.1 Å². The number of rotatable bonds is 3. The van der Waals surface area contributed by atoms with E-state index in [2.05, 4.69) is 4.98 Å². The molecular weight excluding hydrogens is 391 g/mol. The first-order chi connectivity index (χ1) is 12.9. The third-order valence-electron chi connectivity index (χ3n) is 4.12. The molecule has 2 aromatic carbocycles. The van der Waals surface area contributed by atoms with Gasteiger partial charge in [-0.1, -0.05) is 22.9 Å². The van der Waals surface area contributed by atoms with Crippen molar-refractivity contribution in [1.29, 1.82) is 0 Å². The van der Waals surface area contributed by atoms with Gasteiger partial charge in [0, 0.05) is 5.02 Å². The van der Waals surface area contributed by atoms with Gasteiger partial charge in [-0.05, 0) is 55.0 Å². The molecule has 4 aromatic rings. The average molecular weight is 403 g/mol. The molecule has 0 saturated carbocycles. The van der Waals surface area contributed by atoms with Gasteiger partial charge in [0.15, 0.2) is 16.7 Å². The summed E-state index contributed by atoms with van der Waals surface area (Å²) in [5.74, 6) is -1.93. The highest BCUT2D eigenvalue weighted by Crippen LogP contribution is 2.44. The molecule has 8 heteroatoms. The molecule has 0 aliphatic rings. The maximum atomic E-state index is 13.4. The number of hydrogen-bond acceptors (Lipinski definition) is 5. The van der Waals surface area contributed by atoms with E-state index < -0.39 is 23.2 Å². The molecule has 0 amide bonds. The predicted octanol–water partition coefficient (Wildman–Crippen LogP) is 5.16. The standard InChI is InChI=1S/C19H12ClFN2O3S/c1-9(24)15-16(10-2-5-12(21)6-3-10)23(18(26)17(15)25)19-22-13-7-4-11(20)8-14(13)27-19/h2-8,25-26H,1H3. The van der Waals surface area contributed by atoms with Crippen LogP contribution in [0.25, 0.3) is 26.6 Å². The summed E-state index contributed by atoms with van der Waals surface area (Å²) in [5.41, 5.74) is 1.29. The summed E-state index contributed by atoms with van der Waals surface area (Å²) in [6, 6.07) is 10.6. The maximum Gasteiger partial charge on any atom is 0.242 e. The fourth-order valence-corrected chi connectivity index (χ4v) is 4.18. The third kappa shape index (κ3) is 2.85. The van der Waals surface area contributed by atoms with Gasteiger partial charge < -0.3 is 10.2 Å². The number of carbonyl (C=O) groups excluding carboxylic acids is 1. The number of thiazole rings is 1. The molecule has 27 heavy (non-hydrogen) atoms. The summed E-state index contributed by atoms with van der Waals surface area (Å²) in [5, 5.41) is 21.8. The largest absolute Gasteiger partial charge is 0.503 e. The topological polar surface area (TPSA) is 75.3 Å². The Morgan fingerprint density at radius 3 is 2.56 bits per heavy atom. The number of ketones is 1. The normalized spacial score (nSPS) is 11.2. The minimum Gasteiger partial charge on any atom is -0.503 e. The van der Waals surface area contributed by atoms with Gasteiger partial charge in [0.05, 0.1) is 21.5 Å². The molecule has 0 spiro atoms. The number of hydrogen-bond donors (Lipinski definition) is 2. The van der Waals surface area contributed by atoms with Crippen LogP contribution in [-0.4, -0.2) is 25.5 Å². The number of Topliss-reactive ketones (excluding diaryl/α,β-unsaturated/α-hetero) is 1. The molecular formula is C19H12ClFN2O3S. The lowest BCUT2D eigenvalue weighted by Crippen LogP contribution is -2.00. The fourth-order valence-electron chi connectivity index (χ4n) is 2.93. The third-order valence-corrected chi connectivity index (χ3v) is 5.36. The number of nitrogens with zero attached hydrogens (tertiary/aromatic N) is 2. The van der Waals surface area contributed by atoms with Crippen molar-refractivity contribution in [2.45, 2.75) is 6.92 Å². The molecule has 2 heterocycles. The fraction of sp³-hybridized carbons (Fsp3) is 0.0526. The zero-order valence-corrected chi connectivity index (χ0v) is 15.5. The van der Waals surface area contributed by atoms with Crippen LogP contribution in [0.1, 0.15) is 17.3 Å². The van der Waals surface area contributed by atoms with Gasteiger partial charge in [0.2, 0.25) is 5.88 Å². The van der Waals surface area contributed by atoms with Crippen LogP contribution < -0.4 is 0 Å². The molecule has 4 rings (SSSR count). The minimum absolute atomic E-state index is 0.0589. The second-order valence-electron chi connectivity index (χ2n) is 5.90. The van der Waals surface area contributed by atoms with Gasteiger partial charge in [-0.25, -0.2) is 9.37 Å². The Balaban J connectivity index is 2.05. The molecule has 0 fully saturated rings. The Labute approximate surface area is 161 Å². The van der Waals surface area contributed by atoms with Crippen LogP contribution >= 0.6 is 22.9 Å². The molecule has 2 aromatic heterocycles. The van der Waals surface area contributed by atoms with Crippen LogP contribution in [0.15, 0.2) is 42.5 Å². The molecule has 0 aliphatic carbocycles. The minimum atomic E-state index is -0.542. The molecule has 2 N–H and O–H groups in total. The van der Waals surface area contributed by atoms with E-state index in [0.29, 0.717) is 21.2 Å². The van der Waals surface area contributed by atoms with Gasteiger partial charge in [-0.2, -0.15) is 0 Å². The second-order valence-corrected chi connectivity index (χ2v) is 7.35. The molecule has 0 saturated heterocycles. The lowest BCUT2D eigenvalue weighted by molar-refractivity contribution is 0.101. The van der Waals surface area contributed by atoms with Crippen molar-refractivity contribution in [2.24, 2.45) is 0 Å². The first-order valence-corrected chi connectivity index (χ1v) is 9.06. The average Bonchev–Trinajstić information content (AvgIpc) is 3.14. The van der Waals surface area contributed by atoms with Crippen molar-refractivity contribution < 1.29 is 19.4 Å². The van der Waals surface area contributed by atoms with Gasteiger partial charge in [0.25, 0.3) is 0 Å². The van der Waals surface area contributed by atoms with Crippen LogP contribution in [-0.2, 0) is 0 Å². The first kappa shape index (κ1) is 17.5. The molecule has 0 unspecified atom stereocenters. The number of carbonyl (C=O) groups is 1. The first-order valence-electron chi connectivity index (χ1n) is 7.86. The molecule has 136 valence electrons. The molecule has 5 nitrogen and oxygen atoms in total. The van der Waals surface area contributed by atoms with Gasteiger partial charge in [-0.3, -0.25) is 9.36 Å². The number of aromatic hydroxyl groups is 2. The summed E-state index contributed by atoms with van der Waals surface area (Å²) < 4.78 is 15.4. The highest BCUT2D eigenvalue weighted by Gasteiger charge is 2.28. The zero-order chi connectivity index (χ0) is 19.3. The smallest absolute Gasteiger partial charge is 0.242 e. The lowest BCUT2D eigenvalue weighted by atomic mass is 10.0.